The van der Waals surface area contributed by atoms with Crippen molar-refractivity contribution in [2.24, 2.45) is 0 Å². The highest BCUT2D eigenvalue weighted by Gasteiger charge is 2.33. The van der Waals surface area contributed by atoms with Crippen LogP contribution in [0, 0.1) is 6.92 Å². The number of aromatic nitrogens is 1. The predicted molar refractivity (Wildman–Crippen MR) is 100 cm³/mol. The number of imide groups is 1. The summed E-state index contributed by atoms with van der Waals surface area (Å²) >= 11 is 5.99. The maximum atomic E-state index is 12.5. The maximum Gasteiger partial charge on any atom is 0.424 e. The number of rotatable bonds is 1. The van der Waals surface area contributed by atoms with E-state index in [4.69, 9.17) is 21.1 Å². The third-order valence-electron chi connectivity index (χ3n) is 2.51. The van der Waals surface area contributed by atoms with Crippen molar-refractivity contribution in [2.75, 3.05) is 4.90 Å². The molecule has 0 aliphatic rings. The van der Waals surface area contributed by atoms with E-state index >= 15 is 0 Å². The van der Waals surface area contributed by atoms with Gasteiger partial charge < -0.3 is 9.47 Å². The second kappa shape index (κ2) is 9.04. The summed E-state index contributed by atoms with van der Waals surface area (Å²) in [5.74, 6) is 0. The Morgan fingerprint density at radius 3 is 1.76 bits per heavy atom. The molecule has 7 heteroatoms. The molecular formula is C18H29ClN2O4. The van der Waals surface area contributed by atoms with Gasteiger partial charge in [0.05, 0.1) is 5.69 Å². The second-order valence-corrected chi connectivity index (χ2v) is 7.40. The first-order valence-corrected chi connectivity index (χ1v) is 8.57. The van der Waals surface area contributed by atoms with Crippen molar-refractivity contribution in [3.8, 4) is 0 Å². The molecule has 1 aromatic rings. The van der Waals surface area contributed by atoms with Crippen LogP contribution in [-0.4, -0.2) is 28.4 Å². The molecule has 0 spiro atoms. The Morgan fingerprint density at radius 2 is 1.40 bits per heavy atom. The highest BCUT2D eigenvalue weighted by molar-refractivity contribution is 6.30. The molecule has 6 nitrogen and oxygen atoms in total. The Morgan fingerprint density at radius 1 is 1.00 bits per heavy atom. The quantitative estimate of drug-likeness (QED) is 0.587. The average molecular weight is 373 g/mol. The number of carbonyl (C=O) groups excluding carboxylic acids is 2. The van der Waals surface area contributed by atoms with Crippen LogP contribution in [0.5, 0.6) is 0 Å². The molecule has 25 heavy (non-hydrogen) atoms. The van der Waals surface area contributed by atoms with Gasteiger partial charge in [-0.15, -0.1) is 0 Å². The molecule has 0 saturated heterocycles. The fourth-order valence-electron chi connectivity index (χ4n) is 1.63. The number of anilines is 1. The number of nitrogens with zero attached hydrogens (tertiary/aromatic N) is 2. The van der Waals surface area contributed by atoms with Crippen LogP contribution < -0.4 is 4.90 Å². The summed E-state index contributed by atoms with van der Waals surface area (Å²) in [7, 11) is 0. The zero-order valence-electron chi connectivity index (χ0n) is 16.6. The Bertz CT molecular complexity index is 576. The molecule has 1 aromatic heterocycles. The summed E-state index contributed by atoms with van der Waals surface area (Å²) in [4.78, 5) is 29.7. The molecule has 1 heterocycles. The van der Waals surface area contributed by atoms with Crippen LogP contribution in [0.4, 0.5) is 15.3 Å². The molecule has 2 amide bonds. The molecule has 0 saturated carbocycles. The van der Waals surface area contributed by atoms with Gasteiger partial charge in [0.2, 0.25) is 0 Å². The van der Waals surface area contributed by atoms with Gasteiger partial charge in [0, 0.05) is 11.8 Å². The topological polar surface area (TPSA) is 68.7 Å². The number of halogens is 1. The minimum absolute atomic E-state index is 0.194. The van der Waals surface area contributed by atoms with E-state index in [9.17, 15) is 9.59 Å². The number of amides is 2. The first kappa shape index (κ1) is 23.2. The van der Waals surface area contributed by atoms with E-state index in [2.05, 4.69) is 4.98 Å². The summed E-state index contributed by atoms with van der Waals surface area (Å²) in [6.45, 7) is 15.9. The summed E-state index contributed by atoms with van der Waals surface area (Å²) < 4.78 is 10.6. The number of hydrogen-bond acceptors (Lipinski definition) is 5. The van der Waals surface area contributed by atoms with Gasteiger partial charge >= 0.3 is 12.2 Å². The number of ether oxygens (including phenoxy) is 2. The van der Waals surface area contributed by atoms with Crippen molar-refractivity contribution in [1.29, 1.82) is 0 Å². The van der Waals surface area contributed by atoms with Crippen LogP contribution in [0.3, 0.4) is 0 Å². The molecule has 0 bridgehead atoms. The summed E-state index contributed by atoms with van der Waals surface area (Å²) in [5, 5.41) is 0.194. The zero-order valence-corrected chi connectivity index (χ0v) is 17.3. The van der Waals surface area contributed by atoms with Gasteiger partial charge in [0.15, 0.2) is 0 Å². The van der Waals surface area contributed by atoms with E-state index < -0.39 is 23.4 Å². The molecule has 0 atom stereocenters. The highest BCUT2D eigenvalue weighted by Crippen LogP contribution is 2.28. The predicted octanol–water partition coefficient (Wildman–Crippen LogP) is 5.75. The average Bonchev–Trinajstić information content (AvgIpc) is 2.42. The smallest absolute Gasteiger partial charge is 0.424 e. The standard InChI is InChI=1S/C16H23ClN2O4.C2H6/c1-10-11(8-9-18-12(10)17)19(13(20)22-15(2,3)4)14(21)23-16(5,6)7;1-2/h8-9H,1-7H3;1-2H3. The number of pyridine rings is 1. The van der Waals surface area contributed by atoms with Gasteiger partial charge in [0.1, 0.15) is 16.4 Å². The van der Waals surface area contributed by atoms with Crippen molar-refractivity contribution < 1.29 is 19.1 Å². The van der Waals surface area contributed by atoms with Gasteiger partial charge in [-0.25, -0.2) is 14.6 Å². The lowest BCUT2D eigenvalue weighted by Crippen LogP contribution is -2.44. The minimum atomic E-state index is -0.836. The fraction of sp³-hybridized carbons (Fsp3) is 0.611. The Balaban J connectivity index is 0.00000277. The minimum Gasteiger partial charge on any atom is -0.443 e. The molecule has 0 unspecified atom stereocenters. The van der Waals surface area contributed by atoms with Crippen molar-refractivity contribution >= 4 is 29.5 Å². The van der Waals surface area contributed by atoms with Crippen molar-refractivity contribution in [2.45, 2.75) is 73.5 Å². The third kappa shape index (κ3) is 7.73. The lowest BCUT2D eigenvalue weighted by atomic mass is 10.2. The fourth-order valence-corrected chi connectivity index (χ4v) is 1.78. The molecule has 0 N–H and O–H groups in total. The van der Waals surface area contributed by atoms with Gasteiger partial charge in [-0.1, -0.05) is 25.4 Å². The summed E-state index contributed by atoms with van der Waals surface area (Å²) in [6.07, 6.45) is -0.263. The van der Waals surface area contributed by atoms with E-state index in [1.807, 2.05) is 13.8 Å². The van der Waals surface area contributed by atoms with Crippen molar-refractivity contribution in [3.05, 3.63) is 23.0 Å². The van der Waals surface area contributed by atoms with E-state index in [0.29, 0.717) is 5.56 Å². The number of hydrogen-bond donors (Lipinski definition) is 0. The molecule has 1 rings (SSSR count). The summed E-state index contributed by atoms with van der Waals surface area (Å²) in [5.41, 5.74) is -0.774. The van der Waals surface area contributed by atoms with Crippen LogP contribution in [0.2, 0.25) is 5.15 Å². The molecule has 142 valence electrons. The van der Waals surface area contributed by atoms with Crippen LogP contribution in [-0.2, 0) is 9.47 Å². The Kier molecular flexibility index (Phi) is 8.38. The van der Waals surface area contributed by atoms with E-state index in [1.165, 1.54) is 12.3 Å². The first-order chi connectivity index (χ1) is 11.3. The maximum absolute atomic E-state index is 12.5. The lowest BCUT2D eigenvalue weighted by molar-refractivity contribution is 0.0430. The largest absolute Gasteiger partial charge is 0.443 e. The van der Waals surface area contributed by atoms with Gasteiger partial charge in [-0.3, -0.25) is 0 Å². The van der Waals surface area contributed by atoms with Crippen LogP contribution in [0.1, 0.15) is 61.0 Å². The molecule has 0 aliphatic carbocycles. The third-order valence-corrected chi connectivity index (χ3v) is 2.89. The number of carbonyl (C=O) groups is 2. The Hall–Kier alpha value is -1.82. The van der Waals surface area contributed by atoms with Crippen molar-refractivity contribution in [1.82, 2.24) is 4.98 Å². The Labute approximate surface area is 155 Å². The summed E-state index contributed by atoms with van der Waals surface area (Å²) in [6, 6.07) is 1.51. The van der Waals surface area contributed by atoms with Crippen LogP contribution in [0.25, 0.3) is 0 Å². The second-order valence-electron chi connectivity index (χ2n) is 7.04. The highest BCUT2D eigenvalue weighted by atomic mass is 35.5. The lowest BCUT2D eigenvalue weighted by Gasteiger charge is -2.29. The van der Waals surface area contributed by atoms with Crippen molar-refractivity contribution in [3.63, 3.8) is 0 Å². The molecular weight excluding hydrogens is 344 g/mol. The van der Waals surface area contributed by atoms with Gasteiger partial charge in [-0.2, -0.15) is 4.90 Å². The van der Waals surface area contributed by atoms with Crippen LogP contribution in [0.15, 0.2) is 12.3 Å². The molecule has 0 aliphatic heterocycles. The first-order valence-electron chi connectivity index (χ1n) is 8.19. The zero-order chi connectivity index (χ0) is 20.0. The van der Waals surface area contributed by atoms with Gasteiger partial charge in [0.25, 0.3) is 0 Å². The van der Waals surface area contributed by atoms with E-state index in [1.54, 1.807) is 48.5 Å². The van der Waals surface area contributed by atoms with E-state index in [-0.39, 0.29) is 10.8 Å². The monoisotopic (exact) mass is 372 g/mol. The molecule has 0 fully saturated rings. The van der Waals surface area contributed by atoms with Crippen LogP contribution >= 0.6 is 11.6 Å². The van der Waals surface area contributed by atoms with Gasteiger partial charge in [-0.05, 0) is 54.5 Å². The normalized spacial score (nSPS) is 11.1. The molecule has 0 radical (unpaired) electrons. The van der Waals surface area contributed by atoms with E-state index in [0.717, 1.165) is 4.90 Å². The SMILES string of the molecule is CC.Cc1c(N(C(=O)OC(C)(C)C)C(=O)OC(C)(C)C)ccnc1Cl. The molecule has 0 aromatic carbocycles.